The first-order valence-corrected chi connectivity index (χ1v) is 32.4. The number of carbonyl (C=O) groups is 2. The van der Waals surface area contributed by atoms with Crippen molar-refractivity contribution in [3.05, 3.63) is 97.2 Å². The molecule has 0 N–H and O–H groups in total. The number of quaternary nitrogens is 1. The molecule has 0 aliphatic carbocycles. The second kappa shape index (κ2) is 56.6. The SMILES string of the molecule is CC/C=C\C/C=C\C/C=C\C/C=C\C/C=C\C/C=C\CCCCCCCCCCC(=O)OC(COC(=O)CCCCCCCCCCCCCCC/C=C\C/C=C\CCCCCCC)COP(=O)([O-])OCC[N+](C)(C)C. The highest BCUT2D eigenvalue weighted by Crippen LogP contribution is 2.38. The monoisotopic (exact) mass is 1080 g/mol. The van der Waals surface area contributed by atoms with Crippen LogP contribution in [0.2, 0.25) is 0 Å². The fraction of sp³-hybridized carbons (Fsp3) is 0.727. The summed E-state index contributed by atoms with van der Waals surface area (Å²) < 4.78 is 34.2. The predicted molar refractivity (Wildman–Crippen MR) is 323 cm³/mol. The van der Waals surface area contributed by atoms with E-state index in [0.717, 1.165) is 89.9 Å². The van der Waals surface area contributed by atoms with Crippen molar-refractivity contribution < 1.29 is 42.1 Å². The van der Waals surface area contributed by atoms with Gasteiger partial charge in [0.25, 0.3) is 7.82 Å². The molecule has 0 heterocycles. The Morgan fingerprint density at radius 2 is 0.750 bits per heavy atom. The highest BCUT2D eigenvalue weighted by atomic mass is 31.2. The van der Waals surface area contributed by atoms with E-state index >= 15 is 0 Å². The molecule has 0 amide bonds. The molecule has 2 unspecified atom stereocenters. The van der Waals surface area contributed by atoms with Crippen molar-refractivity contribution in [2.24, 2.45) is 0 Å². The van der Waals surface area contributed by atoms with E-state index in [1.165, 1.54) is 135 Å². The molecular formula is C66H116NO8P. The number of ether oxygens (including phenoxy) is 2. The van der Waals surface area contributed by atoms with Crippen LogP contribution in [0.4, 0.5) is 0 Å². The summed E-state index contributed by atoms with van der Waals surface area (Å²) in [5, 5.41) is 0. The summed E-state index contributed by atoms with van der Waals surface area (Å²) in [7, 11) is 1.15. The lowest BCUT2D eigenvalue weighted by Gasteiger charge is -2.28. The van der Waals surface area contributed by atoms with Gasteiger partial charge in [0, 0.05) is 12.8 Å². The lowest BCUT2D eigenvalue weighted by molar-refractivity contribution is -0.870. The minimum atomic E-state index is -4.65. The molecule has 0 bridgehead atoms. The molecule has 0 aliphatic heterocycles. The molecule has 0 rings (SSSR count). The maximum absolute atomic E-state index is 12.8. The van der Waals surface area contributed by atoms with Gasteiger partial charge in [-0.15, -0.1) is 0 Å². The number of phosphoric acid groups is 1. The number of carbonyl (C=O) groups excluding carboxylic acids is 2. The Hall–Kier alpha value is -3.07. The van der Waals surface area contributed by atoms with Crippen LogP contribution in [0.15, 0.2) is 97.2 Å². The van der Waals surface area contributed by atoms with Crippen molar-refractivity contribution in [3.63, 3.8) is 0 Å². The van der Waals surface area contributed by atoms with Gasteiger partial charge < -0.3 is 27.9 Å². The van der Waals surface area contributed by atoms with Gasteiger partial charge in [-0.25, -0.2) is 0 Å². The first kappa shape index (κ1) is 72.9. The van der Waals surface area contributed by atoms with Crippen molar-refractivity contribution in [1.29, 1.82) is 0 Å². The molecule has 2 atom stereocenters. The van der Waals surface area contributed by atoms with Crippen LogP contribution in [0, 0.1) is 0 Å². The zero-order chi connectivity index (χ0) is 55.6. The van der Waals surface area contributed by atoms with Crippen LogP contribution in [-0.4, -0.2) is 70.0 Å². The summed E-state index contributed by atoms with van der Waals surface area (Å²) in [6.45, 7) is 4.12. The lowest BCUT2D eigenvalue weighted by atomic mass is 10.0. The zero-order valence-corrected chi connectivity index (χ0v) is 50.6. The number of rotatable bonds is 56. The second-order valence-electron chi connectivity index (χ2n) is 21.7. The van der Waals surface area contributed by atoms with Gasteiger partial charge in [-0.3, -0.25) is 14.2 Å². The average molecular weight is 1080 g/mol. The molecule has 0 saturated carbocycles. The molecule has 0 spiro atoms. The topological polar surface area (TPSA) is 111 Å². The van der Waals surface area contributed by atoms with Gasteiger partial charge in [-0.05, 0) is 96.3 Å². The number of unbranched alkanes of at least 4 members (excludes halogenated alkanes) is 26. The summed E-state index contributed by atoms with van der Waals surface area (Å²) in [4.78, 5) is 38.0. The van der Waals surface area contributed by atoms with Gasteiger partial charge in [0.1, 0.15) is 19.8 Å². The quantitative estimate of drug-likeness (QED) is 0.0195. The third-order valence-corrected chi connectivity index (χ3v) is 14.1. The Labute approximate surface area is 468 Å². The fourth-order valence-electron chi connectivity index (χ4n) is 8.34. The molecule has 76 heavy (non-hydrogen) atoms. The number of hydrogen-bond donors (Lipinski definition) is 0. The zero-order valence-electron chi connectivity index (χ0n) is 49.7. The molecule has 438 valence electrons. The summed E-state index contributed by atoms with van der Waals surface area (Å²) in [6.07, 6.45) is 77.4. The van der Waals surface area contributed by atoms with Crippen molar-refractivity contribution in [1.82, 2.24) is 0 Å². The van der Waals surface area contributed by atoms with E-state index in [1.807, 2.05) is 21.1 Å². The molecule has 0 aliphatic rings. The van der Waals surface area contributed by atoms with Crippen molar-refractivity contribution in [2.75, 3.05) is 47.5 Å². The molecule has 0 radical (unpaired) electrons. The lowest BCUT2D eigenvalue weighted by Crippen LogP contribution is -2.37. The predicted octanol–water partition coefficient (Wildman–Crippen LogP) is 19.0. The van der Waals surface area contributed by atoms with E-state index in [2.05, 4.69) is 111 Å². The minimum Gasteiger partial charge on any atom is -0.756 e. The highest BCUT2D eigenvalue weighted by molar-refractivity contribution is 7.45. The minimum absolute atomic E-state index is 0.0368. The van der Waals surface area contributed by atoms with Crippen molar-refractivity contribution in [3.8, 4) is 0 Å². The maximum atomic E-state index is 12.8. The van der Waals surface area contributed by atoms with Crippen LogP contribution in [0.25, 0.3) is 0 Å². The normalized spacial score (nSPS) is 13.9. The number of phosphoric ester groups is 1. The number of likely N-dealkylation sites (N-methyl/N-ethyl adjacent to an activating group) is 1. The van der Waals surface area contributed by atoms with Crippen LogP contribution in [0.5, 0.6) is 0 Å². The fourth-order valence-corrected chi connectivity index (χ4v) is 9.07. The Balaban J connectivity index is 4.17. The first-order chi connectivity index (χ1) is 37.0. The van der Waals surface area contributed by atoms with Crippen molar-refractivity contribution in [2.45, 2.75) is 264 Å². The van der Waals surface area contributed by atoms with Crippen LogP contribution in [0.1, 0.15) is 258 Å². The standard InChI is InChI=1S/C66H116NO8P/c1-6-8-10-12-14-16-18-20-22-24-26-28-30-32-33-35-37-39-41-43-45-47-49-51-53-55-57-59-66(69)75-64(63-74-76(70,71)73-61-60-67(3,4)5)62-72-65(68)58-56-54-52-50-48-46-44-42-40-38-36-34-31-29-27-25-23-21-19-17-15-13-11-9-7-2/h8,10,14,16,19-22,25-28,32-33,37,39,64H,6-7,9,11-13,15,17-18,23-24,29-31,34-36,38,40-63H2,1-5H3/b10-8-,16-14-,21-19-,22-20-,27-25-,28-26-,33-32-,39-37-. The van der Waals surface area contributed by atoms with Crippen LogP contribution < -0.4 is 4.89 Å². The Bertz CT molecular complexity index is 1600. The first-order valence-electron chi connectivity index (χ1n) is 30.9. The largest absolute Gasteiger partial charge is 0.756 e. The van der Waals surface area contributed by atoms with Gasteiger partial charge >= 0.3 is 11.9 Å². The van der Waals surface area contributed by atoms with Gasteiger partial charge in [0.15, 0.2) is 6.10 Å². The third-order valence-electron chi connectivity index (χ3n) is 13.1. The van der Waals surface area contributed by atoms with Crippen LogP contribution >= 0.6 is 7.82 Å². The summed E-state index contributed by atoms with van der Waals surface area (Å²) in [5.41, 5.74) is 0. The molecular weight excluding hydrogens is 966 g/mol. The van der Waals surface area contributed by atoms with Gasteiger partial charge in [-0.1, -0.05) is 246 Å². The maximum Gasteiger partial charge on any atom is 0.306 e. The van der Waals surface area contributed by atoms with Crippen LogP contribution in [0.3, 0.4) is 0 Å². The van der Waals surface area contributed by atoms with E-state index in [4.69, 9.17) is 18.5 Å². The molecule has 0 saturated heterocycles. The van der Waals surface area contributed by atoms with Crippen LogP contribution in [-0.2, 0) is 32.7 Å². The van der Waals surface area contributed by atoms with Gasteiger partial charge in [-0.2, -0.15) is 0 Å². The number of allylic oxidation sites excluding steroid dienone is 16. The molecule has 10 heteroatoms. The number of esters is 2. The van der Waals surface area contributed by atoms with E-state index in [1.54, 1.807) is 0 Å². The summed E-state index contributed by atoms with van der Waals surface area (Å²) in [6, 6.07) is 0. The number of nitrogens with zero attached hydrogens (tertiary/aromatic N) is 1. The summed E-state index contributed by atoms with van der Waals surface area (Å²) in [5.74, 6) is -0.843. The number of hydrogen-bond acceptors (Lipinski definition) is 8. The smallest absolute Gasteiger partial charge is 0.306 e. The highest BCUT2D eigenvalue weighted by Gasteiger charge is 2.22. The van der Waals surface area contributed by atoms with Crippen molar-refractivity contribution >= 4 is 19.8 Å². The molecule has 0 fully saturated rings. The Morgan fingerprint density at radius 3 is 1.12 bits per heavy atom. The summed E-state index contributed by atoms with van der Waals surface area (Å²) >= 11 is 0. The van der Waals surface area contributed by atoms with E-state index in [-0.39, 0.29) is 32.0 Å². The molecule has 0 aromatic carbocycles. The Morgan fingerprint density at radius 1 is 0.421 bits per heavy atom. The second-order valence-corrected chi connectivity index (χ2v) is 23.1. The van der Waals surface area contributed by atoms with Gasteiger partial charge in [0.05, 0.1) is 27.7 Å². The third kappa shape index (κ3) is 60.2. The molecule has 0 aromatic heterocycles. The average Bonchev–Trinajstić information content (AvgIpc) is 3.38. The van der Waals surface area contributed by atoms with E-state index in [9.17, 15) is 19.0 Å². The van der Waals surface area contributed by atoms with Gasteiger partial charge in [0.2, 0.25) is 0 Å². The van der Waals surface area contributed by atoms with E-state index in [0.29, 0.717) is 17.4 Å². The molecule has 9 nitrogen and oxygen atoms in total. The molecule has 0 aromatic rings. The Kier molecular flexibility index (Phi) is 54.4. The van der Waals surface area contributed by atoms with E-state index < -0.39 is 26.5 Å².